The molecule has 0 fully saturated rings. The molecule has 2 amide bonds. The van der Waals surface area contributed by atoms with Crippen LogP contribution in [-0.2, 0) is 12.7 Å². The van der Waals surface area contributed by atoms with E-state index in [2.05, 4.69) is 15.6 Å². The van der Waals surface area contributed by atoms with Crippen LogP contribution >= 0.6 is 0 Å². The van der Waals surface area contributed by atoms with E-state index in [9.17, 15) is 22.8 Å². The molecule has 3 aromatic carbocycles. The van der Waals surface area contributed by atoms with Crippen LogP contribution in [0.15, 0.2) is 91.1 Å². The molecule has 1 heterocycles. The number of amides is 2. The summed E-state index contributed by atoms with van der Waals surface area (Å²) in [4.78, 5) is 29.1. The third-order valence-electron chi connectivity index (χ3n) is 5.62. The predicted octanol–water partition coefficient (Wildman–Crippen LogP) is 6.82. The number of pyridine rings is 1. The van der Waals surface area contributed by atoms with Crippen LogP contribution in [0.5, 0.6) is 11.5 Å². The second kappa shape index (κ2) is 12.6. The van der Waals surface area contributed by atoms with E-state index in [0.717, 1.165) is 17.7 Å². The van der Waals surface area contributed by atoms with Crippen LogP contribution in [0, 0.1) is 0 Å². The molecule has 7 nitrogen and oxygen atoms in total. The number of nitrogens with one attached hydrogen (secondary N) is 2. The first-order valence-corrected chi connectivity index (χ1v) is 12.0. The maximum absolute atomic E-state index is 12.8. The number of para-hydroxylation sites is 1. The van der Waals surface area contributed by atoms with Gasteiger partial charge in [-0.2, -0.15) is 13.2 Å². The van der Waals surface area contributed by atoms with Gasteiger partial charge in [-0.1, -0.05) is 54.6 Å². The lowest BCUT2D eigenvalue weighted by atomic mass is 10.1. The van der Waals surface area contributed by atoms with E-state index in [0.29, 0.717) is 28.3 Å². The molecule has 0 spiro atoms. The lowest BCUT2D eigenvalue weighted by Crippen LogP contribution is -2.24. The summed E-state index contributed by atoms with van der Waals surface area (Å²) < 4.78 is 48.9. The Kier molecular flexibility index (Phi) is 8.80. The average Bonchev–Trinajstić information content (AvgIpc) is 2.95. The van der Waals surface area contributed by atoms with Gasteiger partial charge >= 0.3 is 12.3 Å². The molecule has 0 saturated carbocycles. The molecule has 0 radical (unpaired) electrons. The molecule has 0 aliphatic carbocycles. The molecule has 0 saturated heterocycles. The molecule has 1 aromatic heterocycles. The fourth-order valence-corrected chi connectivity index (χ4v) is 3.62. The van der Waals surface area contributed by atoms with E-state index in [1.165, 1.54) is 31.5 Å². The highest BCUT2D eigenvalue weighted by Gasteiger charge is 2.29. The minimum absolute atomic E-state index is 0.119. The summed E-state index contributed by atoms with van der Waals surface area (Å²) in [6, 6.07) is 21.8. The number of alkyl halides is 3. The SMILES string of the molecule is COc1cnc(C(=O)NCc2cccc(NC(=O)Oc3ccccc3)c2)cc1/C=C/c1ccc(C(F)(F)F)cc1. The number of halogens is 3. The molecule has 0 bridgehead atoms. The molecule has 10 heteroatoms. The van der Waals surface area contributed by atoms with Crippen molar-refractivity contribution >= 4 is 29.8 Å². The molecular formula is C30H24F3N3O4. The summed E-state index contributed by atoms with van der Waals surface area (Å²) in [7, 11) is 1.45. The number of carbonyl (C=O) groups excluding carboxylic acids is 2. The van der Waals surface area contributed by atoms with Gasteiger partial charge in [0.15, 0.2) is 0 Å². The minimum Gasteiger partial charge on any atom is -0.495 e. The lowest BCUT2D eigenvalue weighted by molar-refractivity contribution is -0.137. The van der Waals surface area contributed by atoms with Crippen LogP contribution in [0.4, 0.5) is 23.7 Å². The molecule has 0 atom stereocenters. The van der Waals surface area contributed by atoms with Crippen molar-refractivity contribution in [1.82, 2.24) is 10.3 Å². The van der Waals surface area contributed by atoms with Gasteiger partial charge in [0.05, 0.1) is 18.9 Å². The maximum atomic E-state index is 12.8. The van der Waals surface area contributed by atoms with E-state index >= 15 is 0 Å². The molecule has 4 rings (SSSR count). The van der Waals surface area contributed by atoms with E-state index in [-0.39, 0.29) is 12.2 Å². The average molecular weight is 548 g/mol. The topological polar surface area (TPSA) is 89.5 Å². The van der Waals surface area contributed by atoms with Gasteiger partial charge in [0.1, 0.15) is 17.2 Å². The Hall–Kier alpha value is -5.12. The van der Waals surface area contributed by atoms with Crippen molar-refractivity contribution < 1.29 is 32.2 Å². The highest BCUT2D eigenvalue weighted by Crippen LogP contribution is 2.29. The zero-order chi connectivity index (χ0) is 28.5. The van der Waals surface area contributed by atoms with Crippen molar-refractivity contribution in [3.05, 3.63) is 119 Å². The number of rotatable bonds is 8. The quantitative estimate of drug-likeness (QED) is 0.253. The fraction of sp³-hybridized carbons (Fsp3) is 0.100. The first-order valence-electron chi connectivity index (χ1n) is 12.0. The summed E-state index contributed by atoms with van der Waals surface area (Å²) in [6.07, 6.45) is -0.425. The van der Waals surface area contributed by atoms with Gasteiger partial charge in [-0.05, 0) is 53.6 Å². The van der Waals surface area contributed by atoms with Gasteiger partial charge in [0.25, 0.3) is 5.91 Å². The molecule has 204 valence electrons. The largest absolute Gasteiger partial charge is 0.495 e. The van der Waals surface area contributed by atoms with E-state index < -0.39 is 23.7 Å². The minimum atomic E-state index is -4.41. The Bertz CT molecular complexity index is 1510. The van der Waals surface area contributed by atoms with Gasteiger partial charge in [-0.25, -0.2) is 9.78 Å². The van der Waals surface area contributed by atoms with E-state index in [1.807, 2.05) is 6.07 Å². The number of hydrogen-bond acceptors (Lipinski definition) is 5. The summed E-state index contributed by atoms with van der Waals surface area (Å²) >= 11 is 0. The van der Waals surface area contributed by atoms with E-state index in [4.69, 9.17) is 9.47 Å². The zero-order valence-electron chi connectivity index (χ0n) is 21.2. The number of aromatic nitrogens is 1. The molecule has 2 N–H and O–H groups in total. The van der Waals surface area contributed by atoms with Crippen LogP contribution in [0.25, 0.3) is 12.2 Å². The van der Waals surface area contributed by atoms with Crippen LogP contribution < -0.4 is 20.1 Å². The zero-order valence-corrected chi connectivity index (χ0v) is 21.2. The number of anilines is 1. The van der Waals surface area contributed by atoms with Crippen molar-refractivity contribution in [2.24, 2.45) is 0 Å². The van der Waals surface area contributed by atoms with Crippen molar-refractivity contribution in [3.8, 4) is 11.5 Å². The van der Waals surface area contributed by atoms with Gasteiger partial charge < -0.3 is 14.8 Å². The smallest absolute Gasteiger partial charge is 0.417 e. The molecule has 0 unspecified atom stereocenters. The Morgan fingerprint density at radius 2 is 1.68 bits per heavy atom. The van der Waals surface area contributed by atoms with Crippen LogP contribution in [-0.4, -0.2) is 24.1 Å². The monoisotopic (exact) mass is 547 g/mol. The van der Waals surface area contributed by atoms with Crippen LogP contribution in [0.3, 0.4) is 0 Å². The highest BCUT2D eigenvalue weighted by molar-refractivity contribution is 5.93. The summed E-state index contributed by atoms with van der Waals surface area (Å²) in [5.41, 5.74) is 1.66. The third kappa shape index (κ3) is 7.70. The standard InChI is InChI=1S/C30H24F3N3O4/c1-39-27-19-34-26(17-22(27)13-10-20-11-14-23(15-12-20)30(31,32)33)28(37)35-18-21-6-5-7-24(16-21)36-29(38)40-25-8-3-2-4-9-25/h2-17,19H,18H2,1H3,(H,35,37)(H,36,38)/b13-10+. The molecular weight excluding hydrogens is 523 g/mol. The highest BCUT2D eigenvalue weighted by atomic mass is 19.4. The van der Waals surface area contributed by atoms with Gasteiger partial charge in [-0.3, -0.25) is 10.1 Å². The van der Waals surface area contributed by atoms with Crippen molar-refractivity contribution in [2.45, 2.75) is 12.7 Å². The Morgan fingerprint density at radius 3 is 2.38 bits per heavy atom. The van der Waals surface area contributed by atoms with E-state index in [1.54, 1.807) is 60.7 Å². The van der Waals surface area contributed by atoms with Crippen molar-refractivity contribution in [2.75, 3.05) is 12.4 Å². The van der Waals surface area contributed by atoms with Crippen molar-refractivity contribution in [3.63, 3.8) is 0 Å². The predicted molar refractivity (Wildman–Crippen MR) is 145 cm³/mol. The maximum Gasteiger partial charge on any atom is 0.417 e. The lowest BCUT2D eigenvalue weighted by Gasteiger charge is -2.10. The van der Waals surface area contributed by atoms with Gasteiger partial charge in [0, 0.05) is 17.8 Å². The summed E-state index contributed by atoms with van der Waals surface area (Å²) in [5, 5.41) is 5.42. The third-order valence-corrected chi connectivity index (χ3v) is 5.62. The van der Waals surface area contributed by atoms with Gasteiger partial charge in [-0.15, -0.1) is 0 Å². The molecule has 0 aliphatic rings. The number of hydrogen-bond donors (Lipinski definition) is 2. The molecule has 0 aliphatic heterocycles. The van der Waals surface area contributed by atoms with Crippen LogP contribution in [0.2, 0.25) is 0 Å². The molecule has 4 aromatic rings. The summed E-state index contributed by atoms with van der Waals surface area (Å²) in [5.74, 6) is 0.346. The Morgan fingerprint density at radius 1 is 0.925 bits per heavy atom. The second-order valence-corrected chi connectivity index (χ2v) is 8.48. The number of methoxy groups -OCH3 is 1. The molecule has 40 heavy (non-hydrogen) atoms. The first-order chi connectivity index (χ1) is 19.2. The number of carbonyl (C=O) groups is 2. The second-order valence-electron chi connectivity index (χ2n) is 8.48. The Labute approximate surface area is 228 Å². The number of nitrogens with zero attached hydrogens (tertiary/aromatic N) is 1. The van der Waals surface area contributed by atoms with Gasteiger partial charge in [0.2, 0.25) is 0 Å². The number of benzene rings is 3. The normalized spacial score (nSPS) is 11.2. The van der Waals surface area contributed by atoms with Crippen molar-refractivity contribution in [1.29, 1.82) is 0 Å². The first kappa shape index (κ1) is 27.9. The summed E-state index contributed by atoms with van der Waals surface area (Å²) in [6.45, 7) is 0.159. The number of ether oxygens (including phenoxy) is 2. The fourth-order valence-electron chi connectivity index (χ4n) is 3.62. The Balaban J connectivity index is 1.39. The van der Waals surface area contributed by atoms with Crippen LogP contribution in [0.1, 0.15) is 32.7 Å².